The van der Waals surface area contributed by atoms with Crippen LogP contribution in [-0.2, 0) is 21.4 Å². The molecular weight excluding hydrogens is 317 g/mol. The minimum Gasteiger partial charge on any atom is -0.406 e. The third-order valence-corrected chi connectivity index (χ3v) is 4.01. The number of hydrogen-bond donors (Lipinski definition) is 0. The Morgan fingerprint density at radius 3 is 2.28 bits per heavy atom. The molecule has 2 aromatic carbocycles. The molecule has 128 valence electrons. The van der Waals surface area contributed by atoms with E-state index in [-0.39, 0.29) is 16.9 Å². The van der Waals surface area contributed by atoms with Crippen LogP contribution in [-0.4, -0.2) is 11.9 Å². The van der Waals surface area contributed by atoms with Crippen molar-refractivity contribution in [3.63, 3.8) is 0 Å². The molecule has 1 aliphatic rings. The molecule has 0 aromatic heterocycles. The summed E-state index contributed by atoms with van der Waals surface area (Å²) in [7, 11) is 0. The van der Waals surface area contributed by atoms with Gasteiger partial charge in [0.1, 0.15) is 5.82 Å². The molecule has 1 aliphatic heterocycles. The van der Waals surface area contributed by atoms with E-state index < -0.39 is 5.97 Å². The number of esters is 1. The van der Waals surface area contributed by atoms with E-state index in [1.807, 2.05) is 12.1 Å². The first kappa shape index (κ1) is 17.1. The summed E-state index contributed by atoms with van der Waals surface area (Å²) in [5, 5.41) is 0. The minimum atomic E-state index is -0.461. The molecule has 0 amide bonds. The van der Waals surface area contributed by atoms with Gasteiger partial charge < -0.3 is 4.74 Å². The highest BCUT2D eigenvalue weighted by Crippen LogP contribution is 2.24. The van der Waals surface area contributed by atoms with Crippen molar-refractivity contribution in [1.29, 1.82) is 0 Å². The molecule has 0 aliphatic carbocycles. The van der Waals surface area contributed by atoms with Gasteiger partial charge in [0.15, 0.2) is 5.70 Å². The summed E-state index contributed by atoms with van der Waals surface area (Å²) in [5.41, 5.74) is 3.32. The van der Waals surface area contributed by atoms with Crippen LogP contribution in [0.25, 0.3) is 6.08 Å². The number of halogens is 1. The van der Waals surface area contributed by atoms with Crippen molar-refractivity contribution in [3.8, 4) is 0 Å². The van der Waals surface area contributed by atoms with Crippen LogP contribution in [0.15, 0.2) is 59.2 Å². The Hall–Kier alpha value is -2.75. The predicted octanol–water partition coefficient (Wildman–Crippen LogP) is 4.66. The zero-order valence-electron chi connectivity index (χ0n) is 14.5. The Morgan fingerprint density at radius 1 is 1.04 bits per heavy atom. The van der Waals surface area contributed by atoms with Gasteiger partial charge in [-0.2, -0.15) is 0 Å². The number of carbonyl (C=O) groups excluding carboxylic acids is 1. The zero-order valence-corrected chi connectivity index (χ0v) is 14.5. The van der Waals surface area contributed by atoms with Crippen LogP contribution in [0.3, 0.4) is 0 Å². The first-order valence-corrected chi connectivity index (χ1v) is 8.18. The summed E-state index contributed by atoms with van der Waals surface area (Å²) in [5.74, 6) is -0.431. The summed E-state index contributed by atoms with van der Waals surface area (Å²) in [6.45, 7) is 6.46. The second kappa shape index (κ2) is 6.63. The third-order valence-electron chi connectivity index (χ3n) is 4.01. The molecule has 2 aromatic rings. The van der Waals surface area contributed by atoms with Crippen LogP contribution < -0.4 is 0 Å². The fraction of sp³-hybridized carbons (Fsp3) is 0.238. The predicted molar refractivity (Wildman–Crippen MR) is 96.8 cm³/mol. The number of carbonyl (C=O) groups is 1. The lowest BCUT2D eigenvalue weighted by Crippen LogP contribution is -2.10. The maximum atomic E-state index is 12.9. The van der Waals surface area contributed by atoms with Gasteiger partial charge >= 0.3 is 5.97 Å². The Morgan fingerprint density at radius 2 is 1.68 bits per heavy atom. The van der Waals surface area contributed by atoms with Crippen LogP contribution in [0.1, 0.15) is 37.5 Å². The summed E-state index contributed by atoms with van der Waals surface area (Å²) >= 11 is 0. The van der Waals surface area contributed by atoms with Crippen molar-refractivity contribution >= 4 is 17.9 Å². The highest BCUT2D eigenvalue weighted by Gasteiger charge is 2.23. The van der Waals surface area contributed by atoms with Gasteiger partial charge in [-0.1, -0.05) is 57.2 Å². The normalized spacial score (nSPS) is 16.1. The fourth-order valence-electron chi connectivity index (χ4n) is 2.54. The van der Waals surface area contributed by atoms with Gasteiger partial charge in [-0.25, -0.2) is 14.2 Å². The lowest BCUT2D eigenvalue weighted by molar-refractivity contribution is -0.130. The molecule has 0 spiro atoms. The van der Waals surface area contributed by atoms with Crippen molar-refractivity contribution in [2.45, 2.75) is 32.6 Å². The van der Waals surface area contributed by atoms with Crippen molar-refractivity contribution in [2.24, 2.45) is 4.99 Å². The second-order valence-corrected chi connectivity index (χ2v) is 7.10. The number of nitrogens with zero attached hydrogens (tertiary/aromatic N) is 1. The number of hydrogen-bond acceptors (Lipinski definition) is 3. The quantitative estimate of drug-likeness (QED) is 0.603. The molecule has 3 rings (SSSR count). The van der Waals surface area contributed by atoms with Crippen LogP contribution in [0.4, 0.5) is 4.39 Å². The molecule has 0 fully saturated rings. The Labute approximate surface area is 146 Å². The van der Waals surface area contributed by atoms with Crippen LogP contribution in [0.5, 0.6) is 0 Å². The summed E-state index contributed by atoms with van der Waals surface area (Å²) in [6, 6.07) is 14.1. The standard InChI is InChI=1S/C21H20FNO2/c1-21(2,3)16-8-4-14(5-9-16)12-18-20(24)25-19(23-18)13-15-6-10-17(22)11-7-15/h4-12H,13H2,1-3H3/b18-12+. The Kier molecular flexibility index (Phi) is 4.53. The van der Waals surface area contributed by atoms with Gasteiger partial charge in [-0.05, 0) is 40.3 Å². The van der Waals surface area contributed by atoms with Gasteiger partial charge in [0.2, 0.25) is 5.90 Å². The lowest BCUT2D eigenvalue weighted by Gasteiger charge is -2.18. The molecule has 0 radical (unpaired) electrons. The highest BCUT2D eigenvalue weighted by atomic mass is 19.1. The topological polar surface area (TPSA) is 38.7 Å². The molecule has 0 saturated heterocycles. The number of rotatable bonds is 3. The van der Waals surface area contributed by atoms with Gasteiger partial charge in [0, 0.05) is 6.42 Å². The minimum absolute atomic E-state index is 0.0818. The van der Waals surface area contributed by atoms with Crippen LogP contribution in [0.2, 0.25) is 0 Å². The zero-order chi connectivity index (χ0) is 18.0. The van der Waals surface area contributed by atoms with Gasteiger partial charge in [0.05, 0.1) is 0 Å². The molecule has 0 unspecified atom stereocenters. The average molecular weight is 337 g/mol. The van der Waals surface area contributed by atoms with E-state index >= 15 is 0 Å². The first-order valence-electron chi connectivity index (χ1n) is 8.18. The van der Waals surface area contributed by atoms with Crippen molar-refractivity contribution in [1.82, 2.24) is 0 Å². The monoisotopic (exact) mass is 337 g/mol. The van der Waals surface area contributed by atoms with Crippen LogP contribution >= 0.6 is 0 Å². The second-order valence-electron chi connectivity index (χ2n) is 7.10. The van der Waals surface area contributed by atoms with Crippen molar-refractivity contribution in [3.05, 3.63) is 76.7 Å². The lowest BCUT2D eigenvalue weighted by atomic mass is 9.87. The average Bonchev–Trinajstić information content (AvgIpc) is 2.89. The van der Waals surface area contributed by atoms with E-state index in [2.05, 4.69) is 37.9 Å². The van der Waals surface area contributed by atoms with E-state index in [0.717, 1.165) is 11.1 Å². The molecule has 0 bridgehead atoms. The SMILES string of the molecule is CC(C)(C)c1ccc(/C=C2/N=C(Cc3ccc(F)cc3)OC2=O)cc1. The van der Waals surface area contributed by atoms with E-state index in [0.29, 0.717) is 12.3 Å². The van der Waals surface area contributed by atoms with E-state index in [4.69, 9.17) is 4.74 Å². The maximum absolute atomic E-state index is 12.9. The molecule has 0 N–H and O–H groups in total. The first-order chi connectivity index (χ1) is 11.8. The van der Waals surface area contributed by atoms with Crippen molar-refractivity contribution < 1.29 is 13.9 Å². The van der Waals surface area contributed by atoms with Crippen LogP contribution in [0, 0.1) is 5.82 Å². The number of ether oxygens (including phenoxy) is 1. The van der Waals surface area contributed by atoms with E-state index in [1.165, 1.54) is 17.7 Å². The van der Waals surface area contributed by atoms with Gasteiger partial charge in [-0.3, -0.25) is 0 Å². The fourth-order valence-corrected chi connectivity index (χ4v) is 2.54. The number of benzene rings is 2. The smallest absolute Gasteiger partial charge is 0.363 e. The Balaban J connectivity index is 1.77. The van der Waals surface area contributed by atoms with Gasteiger partial charge in [0.25, 0.3) is 0 Å². The highest BCUT2D eigenvalue weighted by molar-refractivity contribution is 6.07. The molecule has 1 heterocycles. The largest absolute Gasteiger partial charge is 0.406 e. The summed E-state index contributed by atoms with van der Waals surface area (Å²) < 4.78 is 18.2. The van der Waals surface area contributed by atoms with Gasteiger partial charge in [-0.15, -0.1) is 0 Å². The third kappa shape index (κ3) is 4.21. The number of cyclic esters (lactones) is 1. The van der Waals surface area contributed by atoms with Crippen molar-refractivity contribution in [2.75, 3.05) is 0 Å². The molecule has 3 nitrogen and oxygen atoms in total. The molecule has 0 atom stereocenters. The van der Waals surface area contributed by atoms with E-state index in [1.54, 1.807) is 18.2 Å². The molecule has 4 heteroatoms. The maximum Gasteiger partial charge on any atom is 0.363 e. The molecule has 0 saturated carbocycles. The molecular formula is C21H20FNO2. The number of aliphatic imine (C=N–C) groups is 1. The molecule has 25 heavy (non-hydrogen) atoms. The summed E-state index contributed by atoms with van der Waals surface area (Å²) in [4.78, 5) is 16.3. The Bertz CT molecular complexity index is 841. The van der Waals surface area contributed by atoms with E-state index in [9.17, 15) is 9.18 Å². The summed E-state index contributed by atoms with van der Waals surface area (Å²) in [6.07, 6.45) is 2.07.